The first kappa shape index (κ1) is 22.8. The van der Waals surface area contributed by atoms with Gasteiger partial charge in [-0.1, -0.05) is 36.4 Å². The van der Waals surface area contributed by atoms with Crippen LogP contribution in [0.3, 0.4) is 0 Å². The largest absolute Gasteiger partial charge is 0.511 e. The highest BCUT2D eigenvalue weighted by molar-refractivity contribution is 7.90. The minimum absolute atomic E-state index is 0.127. The number of nitrogens with one attached hydrogen (secondary N) is 2. The number of aliphatic imine (C=N–C) groups is 1. The molecule has 1 atom stereocenters. The van der Waals surface area contributed by atoms with Crippen molar-refractivity contribution in [2.75, 3.05) is 13.1 Å². The van der Waals surface area contributed by atoms with Gasteiger partial charge < -0.3 is 15.5 Å². The molecule has 0 fully saturated rings. The van der Waals surface area contributed by atoms with Crippen molar-refractivity contribution in [3.05, 3.63) is 59.7 Å². The summed E-state index contributed by atoms with van der Waals surface area (Å²) in [7, 11) is -5.54. The van der Waals surface area contributed by atoms with Gasteiger partial charge in [0.1, 0.15) is 6.10 Å². The van der Waals surface area contributed by atoms with E-state index < -0.39 is 46.6 Å². The summed E-state index contributed by atoms with van der Waals surface area (Å²) in [6.45, 7) is -1.20. The molecule has 1 amide bonds. The third kappa shape index (κ3) is 3.94. The van der Waals surface area contributed by atoms with Crippen molar-refractivity contribution in [2.45, 2.75) is 11.6 Å². The molecule has 1 aromatic heterocycles. The van der Waals surface area contributed by atoms with Crippen molar-refractivity contribution in [2.24, 2.45) is 4.99 Å². The molecule has 0 aliphatic carbocycles. The molecule has 174 valence electrons. The number of aromatic hydroxyl groups is 1. The van der Waals surface area contributed by atoms with Gasteiger partial charge in [0, 0.05) is 24.0 Å². The normalized spacial score (nSPS) is 16.0. The first-order chi connectivity index (χ1) is 15.5. The van der Waals surface area contributed by atoms with Crippen LogP contribution in [0.1, 0.15) is 17.2 Å². The highest BCUT2D eigenvalue weighted by Gasteiger charge is 2.45. The fraction of sp³-hybridized carbons (Fsp3) is 0.200. The van der Waals surface area contributed by atoms with Crippen LogP contribution in [0.25, 0.3) is 10.9 Å². The van der Waals surface area contributed by atoms with Crippen LogP contribution in [-0.4, -0.2) is 53.5 Å². The molecule has 9 nitrogen and oxygen atoms in total. The summed E-state index contributed by atoms with van der Waals surface area (Å²) in [5.74, 6) is -0.532. The lowest BCUT2D eigenvalue weighted by Gasteiger charge is -2.11. The molecule has 3 aromatic rings. The van der Waals surface area contributed by atoms with E-state index in [2.05, 4.69) is 10.3 Å². The van der Waals surface area contributed by atoms with Crippen LogP contribution in [0.2, 0.25) is 0 Å². The third-order valence-corrected chi connectivity index (χ3v) is 6.23. The average Bonchev–Trinajstić information content (AvgIpc) is 3.23. The van der Waals surface area contributed by atoms with Gasteiger partial charge in [0.15, 0.2) is 0 Å². The summed E-state index contributed by atoms with van der Waals surface area (Å²) in [6, 6.07) is 12.3. The molecular formula is C20H17F3N4O5S. The maximum atomic E-state index is 12.7. The highest BCUT2D eigenvalue weighted by atomic mass is 32.2. The number of rotatable bonds is 5. The van der Waals surface area contributed by atoms with Crippen molar-refractivity contribution in [3.8, 4) is 5.88 Å². The lowest BCUT2D eigenvalue weighted by atomic mass is 10.0. The minimum atomic E-state index is -5.54. The van der Waals surface area contributed by atoms with Crippen LogP contribution >= 0.6 is 0 Å². The monoisotopic (exact) mass is 482 g/mol. The number of hydrogen-bond donors (Lipinski definition) is 4. The van der Waals surface area contributed by atoms with E-state index in [4.69, 9.17) is 0 Å². The number of halogens is 3. The van der Waals surface area contributed by atoms with Gasteiger partial charge in [-0.3, -0.25) is 0 Å². The number of nitrogens with zero attached hydrogens (tertiary/aromatic N) is 2. The van der Waals surface area contributed by atoms with Crippen molar-refractivity contribution < 1.29 is 36.6 Å². The number of aliphatic hydroxyl groups excluding tert-OH is 1. The average molecular weight is 482 g/mol. The molecule has 1 aliphatic rings. The van der Waals surface area contributed by atoms with Crippen LogP contribution in [0.15, 0.2) is 53.5 Å². The number of sulfonamides is 1. The molecule has 0 spiro atoms. The standard InChI is InChI=1S/C20H17F3N4O5S/c21-20(22,23)33(31,32)25-10-9-24-19(30)27-14-8-4-2-6-12(14)15(18(27)29)16-17(28)11-5-1-3-7-13(11)26-16/h1-8,17,25,28-29H,9-10H2,(H,24,30). The van der Waals surface area contributed by atoms with Gasteiger partial charge in [-0.2, -0.15) is 13.2 Å². The molecule has 4 N–H and O–H groups in total. The number of carbonyl (C=O) groups excluding carboxylic acids is 1. The molecule has 0 bridgehead atoms. The van der Waals surface area contributed by atoms with Gasteiger partial charge in [-0.15, -0.1) is 0 Å². The van der Waals surface area contributed by atoms with E-state index in [1.165, 1.54) is 10.8 Å². The molecule has 2 heterocycles. The van der Waals surface area contributed by atoms with E-state index in [1.54, 1.807) is 42.5 Å². The Morgan fingerprint density at radius 1 is 1.09 bits per heavy atom. The number of aliphatic hydroxyl groups is 1. The smallest absolute Gasteiger partial charge is 0.494 e. The molecular weight excluding hydrogens is 465 g/mol. The second kappa shape index (κ2) is 8.17. The van der Waals surface area contributed by atoms with Gasteiger partial charge in [-0.05, 0) is 12.1 Å². The Balaban J connectivity index is 1.62. The summed E-state index contributed by atoms with van der Waals surface area (Å²) in [6.07, 6.45) is -1.15. The van der Waals surface area contributed by atoms with Crippen molar-refractivity contribution in [1.29, 1.82) is 0 Å². The predicted octanol–water partition coefficient (Wildman–Crippen LogP) is 2.51. The van der Waals surface area contributed by atoms with Gasteiger partial charge in [-0.25, -0.2) is 27.5 Å². The van der Waals surface area contributed by atoms with Gasteiger partial charge >= 0.3 is 21.6 Å². The number of para-hydroxylation sites is 2. The topological polar surface area (TPSA) is 133 Å². The van der Waals surface area contributed by atoms with E-state index in [1.807, 2.05) is 0 Å². The zero-order chi connectivity index (χ0) is 24.0. The Labute approximate surface area is 185 Å². The van der Waals surface area contributed by atoms with Gasteiger partial charge in [0.2, 0.25) is 5.88 Å². The maximum Gasteiger partial charge on any atom is 0.511 e. The second-order valence-electron chi connectivity index (χ2n) is 7.09. The van der Waals surface area contributed by atoms with Crippen LogP contribution in [-0.2, 0) is 10.0 Å². The number of hydrogen-bond acceptors (Lipinski definition) is 6. The predicted molar refractivity (Wildman–Crippen MR) is 113 cm³/mol. The van der Waals surface area contributed by atoms with Crippen LogP contribution in [0, 0.1) is 0 Å². The van der Waals surface area contributed by atoms with Crippen LogP contribution < -0.4 is 10.0 Å². The number of fused-ring (bicyclic) bond motifs is 2. The Morgan fingerprint density at radius 3 is 2.45 bits per heavy atom. The number of carbonyl (C=O) groups is 1. The minimum Gasteiger partial charge on any atom is -0.494 e. The van der Waals surface area contributed by atoms with Crippen molar-refractivity contribution in [1.82, 2.24) is 14.6 Å². The summed E-state index contributed by atoms with van der Waals surface area (Å²) in [5.41, 5.74) is -3.91. The summed E-state index contributed by atoms with van der Waals surface area (Å²) in [5, 5.41) is 24.3. The van der Waals surface area contributed by atoms with Crippen molar-refractivity contribution >= 4 is 38.4 Å². The molecule has 0 saturated carbocycles. The first-order valence-corrected chi connectivity index (χ1v) is 11.0. The van der Waals surface area contributed by atoms with E-state index in [9.17, 15) is 36.6 Å². The fourth-order valence-electron chi connectivity index (χ4n) is 3.55. The number of alkyl halides is 3. The Morgan fingerprint density at radius 2 is 1.76 bits per heavy atom. The Hall–Kier alpha value is -3.42. The van der Waals surface area contributed by atoms with Crippen LogP contribution in [0.4, 0.5) is 23.7 Å². The summed E-state index contributed by atoms with van der Waals surface area (Å²) >= 11 is 0. The fourth-order valence-corrected chi connectivity index (χ4v) is 4.09. The lowest BCUT2D eigenvalue weighted by molar-refractivity contribution is -0.0447. The lowest BCUT2D eigenvalue weighted by Crippen LogP contribution is -2.41. The zero-order valence-electron chi connectivity index (χ0n) is 16.7. The quantitative estimate of drug-likeness (QED) is 0.415. The molecule has 2 aromatic carbocycles. The number of benzene rings is 2. The Kier molecular flexibility index (Phi) is 5.64. The Bertz CT molecular complexity index is 1380. The van der Waals surface area contributed by atoms with Gasteiger partial charge in [0.05, 0.1) is 22.5 Å². The summed E-state index contributed by atoms with van der Waals surface area (Å²) < 4.78 is 61.4. The van der Waals surface area contributed by atoms with E-state index in [0.717, 1.165) is 4.57 Å². The second-order valence-corrected chi connectivity index (χ2v) is 8.84. The zero-order valence-corrected chi connectivity index (χ0v) is 17.5. The van der Waals surface area contributed by atoms with Gasteiger partial charge in [0.25, 0.3) is 0 Å². The molecule has 13 heteroatoms. The molecule has 0 radical (unpaired) electrons. The third-order valence-electron chi connectivity index (χ3n) is 5.04. The van der Waals surface area contributed by atoms with E-state index in [0.29, 0.717) is 16.6 Å². The number of aromatic nitrogens is 1. The molecule has 0 saturated heterocycles. The van der Waals surface area contributed by atoms with Crippen LogP contribution in [0.5, 0.6) is 5.88 Å². The SMILES string of the molecule is O=C(NCCNS(=O)(=O)C(F)(F)F)n1c(O)c(C2=Nc3ccccc3C2O)c2ccccc21. The number of amides is 1. The van der Waals surface area contributed by atoms with E-state index >= 15 is 0 Å². The maximum absolute atomic E-state index is 12.7. The molecule has 1 unspecified atom stereocenters. The highest BCUT2D eigenvalue weighted by Crippen LogP contribution is 2.41. The first-order valence-electron chi connectivity index (χ1n) is 9.55. The molecule has 4 rings (SSSR count). The van der Waals surface area contributed by atoms with E-state index in [-0.39, 0.29) is 16.8 Å². The summed E-state index contributed by atoms with van der Waals surface area (Å²) in [4.78, 5) is 17.1. The molecule has 1 aliphatic heterocycles. The molecule has 33 heavy (non-hydrogen) atoms. The van der Waals surface area contributed by atoms with Crippen molar-refractivity contribution in [3.63, 3.8) is 0 Å².